The van der Waals surface area contributed by atoms with E-state index in [4.69, 9.17) is 9.47 Å². The third-order valence-corrected chi connectivity index (χ3v) is 3.42. The Hall–Kier alpha value is -2.86. The van der Waals surface area contributed by atoms with E-state index in [0.29, 0.717) is 42.3 Å². The smallest absolute Gasteiger partial charge is 0.259 e. The molecule has 2 rings (SSSR count). The van der Waals surface area contributed by atoms with E-state index in [1.807, 2.05) is 6.07 Å². The van der Waals surface area contributed by atoms with Crippen LogP contribution in [0.4, 0.5) is 11.4 Å². The molecule has 0 spiro atoms. The van der Waals surface area contributed by atoms with E-state index in [1.165, 1.54) is 0 Å². The molecule has 0 unspecified atom stereocenters. The van der Waals surface area contributed by atoms with Crippen LogP contribution < -0.4 is 15.4 Å². The van der Waals surface area contributed by atoms with E-state index in [2.05, 4.69) is 10.6 Å². The van der Waals surface area contributed by atoms with Crippen molar-refractivity contribution in [2.45, 2.75) is 13.3 Å². The molecule has 0 aromatic heterocycles. The van der Waals surface area contributed by atoms with E-state index >= 15 is 0 Å². The lowest BCUT2D eigenvalue weighted by atomic mass is 10.2. The van der Waals surface area contributed by atoms with Crippen molar-refractivity contribution in [3.63, 3.8) is 0 Å². The van der Waals surface area contributed by atoms with Crippen LogP contribution in [0.1, 0.15) is 23.7 Å². The number of rotatable bonds is 8. The molecule has 0 radical (unpaired) electrons. The van der Waals surface area contributed by atoms with Crippen LogP contribution >= 0.6 is 0 Å². The van der Waals surface area contributed by atoms with Gasteiger partial charge >= 0.3 is 0 Å². The van der Waals surface area contributed by atoms with Gasteiger partial charge in [-0.05, 0) is 36.4 Å². The van der Waals surface area contributed by atoms with Gasteiger partial charge in [0.15, 0.2) is 0 Å². The van der Waals surface area contributed by atoms with Crippen LogP contribution in [0, 0.1) is 0 Å². The lowest BCUT2D eigenvalue weighted by molar-refractivity contribution is -0.115. The first kappa shape index (κ1) is 18.5. The van der Waals surface area contributed by atoms with E-state index in [1.54, 1.807) is 56.5 Å². The van der Waals surface area contributed by atoms with Gasteiger partial charge in [-0.1, -0.05) is 19.1 Å². The van der Waals surface area contributed by atoms with Gasteiger partial charge in [0, 0.05) is 24.9 Å². The molecule has 6 nitrogen and oxygen atoms in total. The quantitative estimate of drug-likeness (QED) is 0.722. The Morgan fingerprint density at radius 1 is 0.920 bits per heavy atom. The number of nitrogens with one attached hydrogen (secondary N) is 2. The van der Waals surface area contributed by atoms with Crippen molar-refractivity contribution in [1.29, 1.82) is 0 Å². The van der Waals surface area contributed by atoms with Crippen molar-refractivity contribution >= 4 is 23.2 Å². The molecule has 2 amide bonds. The molecule has 0 saturated heterocycles. The zero-order chi connectivity index (χ0) is 18.1. The second-order valence-corrected chi connectivity index (χ2v) is 5.27. The van der Waals surface area contributed by atoms with Gasteiger partial charge in [-0.25, -0.2) is 0 Å². The van der Waals surface area contributed by atoms with Gasteiger partial charge in [0.2, 0.25) is 5.91 Å². The zero-order valence-corrected chi connectivity index (χ0v) is 14.4. The van der Waals surface area contributed by atoms with Crippen molar-refractivity contribution < 1.29 is 19.1 Å². The molecule has 132 valence electrons. The molecule has 2 aromatic rings. The molecule has 0 aliphatic heterocycles. The standard InChI is InChI=1S/C19H22N2O4/c1-3-18(22)20-14-8-10-15(11-9-14)21-19(23)16-6-4-5-7-17(16)25-13-12-24-2/h4-11H,3,12-13H2,1-2H3,(H,20,22)(H,21,23). The maximum absolute atomic E-state index is 12.5. The fraction of sp³-hybridized carbons (Fsp3) is 0.263. The van der Waals surface area contributed by atoms with Crippen LogP contribution in [0.15, 0.2) is 48.5 Å². The van der Waals surface area contributed by atoms with E-state index < -0.39 is 0 Å². The summed E-state index contributed by atoms with van der Waals surface area (Å²) in [6, 6.07) is 14.0. The monoisotopic (exact) mass is 342 g/mol. The highest BCUT2D eigenvalue weighted by Crippen LogP contribution is 2.20. The van der Waals surface area contributed by atoms with Gasteiger partial charge in [-0.2, -0.15) is 0 Å². The summed E-state index contributed by atoms with van der Waals surface area (Å²) >= 11 is 0. The van der Waals surface area contributed by atoms with Gasteiger partial charge in [-0.15, -0.1) is 0 Å². The van der Waals surface area contributed by atoms with Gasteiger partial charge < -0.3 is 20.1 Å². The number of para-hydroxylation sites is 1. The number of ether oxygens (including phenoxy) is 2. The maximum Gasteiger partial charge on any atom is 0.259 e. The van der Waals surface area contributed by atoms with Crippen molar-refractivity contribution in [3.05, 3.63) is 54.1 Å². The Balaban J connectivity index is 2.03. The largest absolute Gasteiger partial charge is 0.490 e. The number of carbonyl (C=O) groups excluding carboxylic acids is 2. The van der Waals surface area contributed by atoms with Crippen LogP contribution in [0.3, 0.4) is 0 Å². The molecule has 0 aliphatic carbocycles. The minimum atomic E-state index is -0.265. The van der Waals surface area contributed by atoms with Crippen LogP contribution in [-0.4, -0.2) is 32.1 Å². The number of anilines is 2. The Labute approximate surface area is 147 Å². The minimum absolute atomic E-state index is 0.0566. The first-order valence-corrected chi connectivity index (χ1v) is 8.06. The molecular weight excluding hydrogens is 320 g/mol. The Kier molecular flexibility index (Phi) is 6.98. The average molecular weight is 342 g/mol. The molecular formula is C19H22N2O4. The SMILES string of the molecule is CCC(=O)Nc1ccc(NC(=O)c2ccccc2OCCOC)cc1. The van der Waals surface area contributed by atoms with Crippen LogP contribution in [0.25, 0.3) is 0 Å². The van der Waals surface area contributed by atoms with E-state index in [9.17, 15) is 9.59 Å². The van der Waals surface area contributed by atoms with Crippen molar-refractivity contribution in [2.75, 3.05) is 31.0 Å². The topological polar surface area (TPSA) is 76.7 Å². The molecule has 2 N–H and O–H groups in total. The summed E-state index contributed by atoms with van der Waals surface area (Å²) in [5.74, 6) is 0.182. The Morgan fingerprint density at radius 2 is 1.56 bits per heavy atom. The highest BCUT2D eigenvalue weighted by molar-refractivity contribution is 6.06. The van der Waals surface area contributed by atoms with E-state index in [0.717, 1.165) is 0 Å². The summed E-state index contributed by atoms with van der Waals surface area (Å²) in [6.45, 7) is 2.60. The summed E-state index contributed by atoms with van der Waals surface area (Å²) in [6.07, 6.45) is 0.415. The molecule has 0 fully saturated rings. The number of benzene rings is 2. The Bertz CT molecular complexity index is 714. The Morgan fingerprint density at radius 3 is 2.20 bits per heavy atom. The third-order valence-electron chi connectivity index (χ3n) is 3.42. The van der Waals surface area contributed by atoms with Crippen molar-refractivity contribution in [1.82, 2.24) is 0 Å². The van der Waals surface area contributed by atoms with Gasteiger partial charge in [0.25, 0.3) is 5.91 Å². The lowest BCUT2D eigenvalue weighted by Crippen LogP contribution is -2.15. The number of hydrogen-bond donors (Lipinski definition) is 2. The summed E-state index contributed by atoms with van der Waals surface area (Å²) in [7, 11) is 1.59. The first-order valence-electron chi connectivity index (χ1n) is 8.06. The van der Waals surface area contributed by atoms with Crippen molar-refractivity contribution in [2.24, 2.45) is 0 Å². The second kappa shape index (κ2) is 9.44. The predicted octanol–water partition coefficient (Wildman–Crippen LogP) is 3.31. The third kappa shape index (κ3) is 5.61. The normalized spacial score (nSPS) is 10.2. The number of amides is 2. The van der Waals surface area contributed by atoms with Gasteiger partial charge in [0.1, 0.15) is 12.4 Å². The number of hydrogen-bond acceptors (Lipinski definition) is 4. The fourth-order valence-electron chi connectivity index (χ4n) is 2.10. The van der Waals surface area contributed by atoms with Crippen LogP contribution in [0.5, 0.6) is 5.75 Å². The highest BCUT2D eigenvalue weighted by Gasteiger charge is 2.12. The second-order valence-electron chi connectivity index (χ2n) is 5.27. The van der Waals surface area contributed by atoms with Gasteiger partial charge in [-0.3, -0.25) is 9.59 Å². The fourth-order valence-corrected chi connectivity index (χ4v) is 2.10. The molecule has 0 bridgehead atoms. The molecule has 0 atom stereocenters. The first-order chi connectivity index (χ1) is 12.1. The van der Waals surface area contributed by atoms with Crippen molar-refractivity contribution in [3.8, 4) is 5.75 Å². The summed E-state index contributed by atoms with van der Waals surface area (Å²) in [5, 5.41) is 5.58. The molecule has 2 aromatic carbocycles. The molecule has 0 heterocycles. The lowest BCUT2D eigenvalue weighted by Gasteiger charge is -2.12. The molecule has 0 aliphatic rings. The summed E-state index contributed by atoms with van der Waals surface area (Å²) in [4.78, 5) is 23.9. The molecule has 6 heteroatoms. The highest BCUT2D eigenvalue weighted by atomic mass is 16.5. The average Bonchev–Trinajstić information content (AvgIpc) is 2.64. The van der Waals surface area contributed by atoms with Gasteiger partial charge in [0.05, 0.1) is 12.2 Å². The molecule has 0 saturated carbocycles. The minimum Gasteiger partial charge on any atom is -0.490 e. The number of methoxy groups -OCH3 is 1. The maximum atomic E-state index is 12.5. The zero-order valence-electron chi connectivity index (χ0n) is 14.4. The number of carbonyl (C=O) groups is 2. The molecule has 25 heavy (non-hydrogen) atoms. The predicted molar refractivity (Wildman–Crippen MR) is 97.1 cm³/mol. The van der Waals surface area contributed by atoms with Crippen LogP contribution in [0.2, 0.25) is 0 Å². The van der Waals surface area contributed by atoms with E-state index in [-0.39, 0.29) is 11.8 Å². The van der Waals surface area contributed by atoms with Crippen LogP contribution in [-0.2, 0) is 9.53 Å². The summed E-state index contributed by atoms with van der Waals surface area (Å²) in [5.41, 5.74) is 1.77. The summed E-state index contributed by atoms with van der Waals surface area (Å²) < 4.78 is 10.5.